The molecule has 10 nitrogen and oxygen atoms in total. The highest BCUT2D eigenvalue weighted by atomic mass is 28.4. The Kier molecular flexibility index (Phi) is 8.92. The van der Waals surface area contributed by atoms with E-state index in [0.29, 0.717) is 23.4 Å². The summed E-state index contributed by atoms with van der Waals surface area (Å²) in [6, 6.07) is 0. The second kappa shape index (κ2) is 10.9. The Morgan fingerprint density at radius 3 is 2.28 bits per heavy atom. The molecule has 3 heterocycles. The molecule has 2 N–H and O–H groups in total. The number of carbonyl (C=O) groups is 1. The van der Waals surface area contributed by atoms with Crippen molar-refractivity contribution in [3.8, 4) is 0 Å². The number of aliphatic hydroxyl groups excluding tert-OH is 1. The average molecular weight is 580 g/mol. The Balaban J connectivity index is 2.01. The zero-order valence-corrected chi connectivity index (χ0v) is 27.9. The molecule has 220 valence electrons. The molecule has 1 amide bonds. The lowest BCUT2D eigenvalue weighted by molar-refractivity contribution is -0.143. The summed E-state index contributed by atoms with van der Waals surface area (Å²) in [5, 5.41) is 13.7. The molecule has 39 heavy (non-hydrogen) atoms. The molecule has 1 aliphatic heterocycles. The highest BCUT2D eigenvalue weighted by Gasteiger charge is 2.55. The number of hydrogen-bond donors (Lipinski definition) is 2. The maximum atomic E-state index is 12.3. The molecule has 12 heteroatoms. The lowest BCUT2D eigenvalue weighted by atomic mass is 9.99. The van der Waals surface area contributed by atoms with Gasteiger partial charge in [0, 0.05) is 12.3 Å². The van der Waals surface area contributed by atoms with Crippen molar-refractivity contribution in [2.75, 3.05) is 18.5 Å². The topological polar surface area (TPSA) is 121 Å². The van der Waals surface area contributed by atoms with Crippen LogP contribution in [-0.2, 0) is 18.4 Å². The third-order valence-corrected chi connectivity index (χ3v) is 17.8. The van der Waals surface area contributed by atoms with Crippen LogP contribution in [0.5, 0.6) is 0 Å². The highest BCUT2D eigenvalue weighted by Crippen LogP contribution is 2.46. The normalized spacial score (nSPS) is 23.1. The van der Waals surface area contributed by atoms with E-state index in [1.165, 1.54) is 6.33 Å². The molecule has 0 aromatic carbocycles. The van der Waals surface area contributed by atoms with Crippen molar-refractivity contribution in [1.82, 2.24) is 19.5 Å². The molecule has 0 unspecified atom stereocenters. The molecule has 3 atom stereocenters. The van der Waals surface area contributed by atoms with Gasteiger partial charge in [-0.1, -0.05) is 55.4 Å². The van der Waals surface area contributed by atoms with Crippen molar-refractivity contribution < 1.29 is 23.5 Å². The van der Waals surface area contributed by atoms with Crippen molar-refractivity contribution in [2.45, 2.75) is 116 Å². The standard InChI is InChI=1S/C27H49N5O5Si2/c1-18(2)24(34)31-22-21-23(29-16-28-22)32(17-30-21)20-13-19(37-39(11,12)26(6,7)8)27(14-33,36-20)15-35-38(9,10)25(3,4)5/h16-20,33H,13-15H2,1-12H3,(H,28,29,31,34)/t19-,20+,27+/m0/s1. The van der Waals surface area contributed by atoms with Crippen LogP contribution in [0.4, 0.5) is 5.82 Å². The predicted octanol–water partition coefficient (Wildman–Crippen LogP) is 5.48. The van der Waals surface area contributed by atoms with E-state index in [4.69, 9.17) is 13.6 Å². The molecule has 0 bridgehead atoms. The van der Waals surface area contributed by atoms with Gasteiger partial charge in [-0.15, -0.1) is 0 Å². The molecule has 2 aromatic heterocycles. The molecular weight excluding hydrogens is 530 g/mol. The zero-order valence-electron chi connectivity index (χ0n) is 25.9. The summed E-state index contributed by atoms with van der Waals surface area (Å²) in [4.78, 5) is 25.6. The van der Waals surface area contributed by atoms with Crippen LogP contribution in [0.2, 0.25) is 36.3 Å². The Morgan fingerprint density at radius 1 is 1.13 bits per heavy atom. The number of aliphatic hydroxyl groups is 1. The lowest BCUT2D eigenvalue weighted by Gasteiger charge is -2.44. The molecule has 0 saturated carbocycles. The van der Waals surface area contributed by atoms with E-state index < -0.39 is 34.6 Å². The number of anilines is 1. The molecule has 0 spiro atoms. The van der Waals surface area contributed by atoms with Gasteiger partial charge in [0.1, 0.15) is 18.2 Å². The van der Waals surface area contributed by atoms with Gasteiger partial charge in [-0.3, -0.25) is 9.36 Å². The number of fused-ring (bicyclic) bond motifs is 1. The fourth-order valence-corrected chi connectivity index (χ4v) is 6.31. The van der Waals surface area contributed by atoms with Crippen molar-refractivity contribution >= 4 is 39.5 Å². The lowest BCUT2D eigenvalue weighted by Crippen LogP contribution is -2.56. The molecule has 1 fully saturated rings. The van der Waals surface area contributed by atoms with Crippen LogP contribution in [-0.4, -0.2) is 72.1 Å². The Bertz CT molecular complexity index is 1170. The van der Waals surface area contributed by atoms with Gasteiger partial charge in [0.15, 0.2) is 33.6 Å². The quantitative estimate of drug-likeness (QED) is 0.375. The van der Waals surface area contributed by atoms with E-state index in [9.17, 15) is 9.90 Å². The van der Waals surface area contributed by atoms with Crippen LogP contribution in [0.15, 0.2) is 12.7 Å². The minimum Gasteiger partial charge on any atom is -0.414 e. The summed E-state index contributed by atoms with van der Waals surface area (Å²) < 4.78 is 22.1. The van der Waals surface area contributed by atoms with Crippen molar-refractivity contribution in [2.24, 2.45) is 5.92 Å². The van der Waals surface area contributed by atoms with E-state index in [1.54, 1.807) is 6.33 Å². The van der Waals surface area contributed by atoms with Crippen molar-refractivity contribution in [1.29, 1.82) is 0 Å². The molecule has 1 saturated heterocycles. The number of ether oxygens (including phenoxy) is 1. The first-order valence-electron chi connectivity index (χ1n) is 13.8. The Labute approximate surface area is 235 Å². The molecule has 2 aromatic rings. The van der Waals surface area contributed by atoms with E-state index in [0.717, 1.165) is 0 Å². The molecule has 0 aliphatic carbocycles. The van der Waals surface area contributed by atoms with Crippen LogP contribution in [0.1, 0.15) is 68.0 Å². The number of amides is 1. The van der Waals surface area contributed by atoms with Crippen LogP contribution in [0.25, 0.3) is 11.2 Å². The van der Waals surface area contributed by atoms with Gasteiger partial charge in [-0.25, -0.2) is 15.0 Å². The van der Waals surface area contributed by atoms with Gasteiger partial charge >= 0.3 is 0 Å². The Hall–Kier alpha value is -1.71. The van der Waals surface area contributed by atoms with Crippen LogP contribution in [0, 0.1) is 5.92 Å². The highest BCUT2D eigenvalue weighted by molar-refractivity contribution is 6.74. The largest absolute Gasteiger partial charge is 0.414 e. The number of imidazole rings is 1. The molecule has 1 aliphatic rings. The smallest absolute Gasteiger partial charge is 0.228 e. The SMILES string of the molecule is CC(C)C(=O)Nc1ncnc2c1ncn2[C@H]1C[C@H](O[Si](C)(C)C(C)(C)C)[C@@](CO)(CO[Si](C)(C)C(C)(C)C)O1. The number of nitrogens with zero attached hydrogens (tertiary/aromatic N) is 4. The first kappa shape index (κ1) is 31.8. The van der Waals surface area contributed by atoms with Gasteiger partial charge in [0.2, 0.25) is 5.91 Å². The minimum absolute atomic E-state index is 0.00568. The zero-order chi connectivity index (χ0) is 29.6. The second-order valence-corrected chi connectivity index (χ2v) is 23.7. The van der Waals surface area contributed by atoms with Gasteiger partial charge in [-0.05, 0) is 36.3 Å². The molecular formula is C27H49N5O5Si2. The summed E-state index contributed by atoms with van der Waals surface area (Å²) in [5.41, 5.74) is -0.0243. The third kappa shape index (κ3) is 6.46. The summed E-state index contributed by atoms with van der Waals surface area (Å²) in [5.74, 6) is 0.0142. The maximum Gasteiger partial charge on any atom is 0.228 e. The van der Waals surface area contributed by atoms with E-state index >= 15 is 0 Å². The fourth-order valence-electron chi connectivity index (χ4n) is 3.90. The first-order chi connectivity index (χ1) is 17.7. The Morgan fingerprint density at radius 2 is 1.74 bits per heavy atom. The van der Waals surface area contributed by atoms with Crippen molar-refractivity contribution in [3.63, 3.8) is 0 Å². The summed E-state index contributed by atoms with van der Waals surface area (Å²) in [6.45, 7) is 25.6. The van der Waals surface area contributed by atoms with Crippen LogP contribution < -0.4 is 5.32 Å². The number of carbonyl (C=O) groups excluding carboxylic acids is 1. The maximum absolute atomic E-state index is 12.3. The summed E-state index contributed by atoms with van der Waals surface area (Å²) in [7, 11) is -4.37. The van der Waals surface area contributed by atoms with E-state index in [2.05, 4.69) is 88.0 Å². The van der Waals surface area contributed by atoms with Gasteiger partial charge in [0.25, 0.3) is 0 Å². The number of hydrogen-bond acceptors (Lipinski definition) is 8. The second-order valence-electron chi connectivity index (χ2n) is 14.1. The summed E-state index contributed by atoms with van der Waals surface area (Å²) in [6.07, 6.45) is 2.67. The minimum atomic E-state index is -2.23. The van der Waals surface area contributed by atoms with E-state index in [1.807, 2.05) is 18.4 Å². The van der Waals surface area contributed by atoms with Crippen LogP contribution in [0.3, 0.4) is 0 Å². The number of rotatable bonds is 9. The van der Waals surface area contributed by atoms with Gasteiger partial charge < -0.3 is 24.0 Å². The number of nitrogens with one attached hydrogen (secondary N) is 1. The molecule has 3 rings (SSSR count). The number of aromatic nitrogens is 4. The first-order valence-corrected chi connectivity index (χ1v) is 19.7. The van der Waals surface area contributed by atoms with E-state index in [-0.39, 0.29) is 35.1 Å². The predicted molar refractivity (Wildman–Crippen MR) is 159 cm³/mol. The third-order valence-electron chi connectivity index (χ3n) is 8.80. The monoisotopic (exact) mass is 579 g/mol. The summed E-state index contributed by atoms with van der Waals surface area (Å²) >= 11 is 0. The van der Waals surface area contributed by atoms with Gasteiger partial charge in [0.05, 0.1) is 25.6 Å². The fraction of sp³-hybridized carbons (Fsp3) is 0.778. The average Bonchev–Trinajstić information content (AvgIpc) is 3.38. The van der Waals surface area contributed by atoms with Crippen LogP contribution >= 0.6 is 0 Å². The molecule has 0 radical (unpaired) electrons. The van der Waals surface area contributed by atoms with Crippen molar-refractivity contribution in [3.05, 3.63) is 12.7 Å². The van der Waals surface area contributed by atoms with Gasteiger partial charge in [-0.2, -0.15) is 0 Å².